The molecule has 3 heteroatoms. The summed E-state index contributed by atoms with van der Waals surface area (Å²) < 4.78 is 5.23. The van der Waals surface area contributed by atoms with E-state index in [1.165, 1.54) is 0 Å². The van der Waals surface area contributed by atoms with Gasteiger partial charge in [-0.05, 0) is 34.9 Å². The highest BCUT2D eigenvalue weighted by molar-refractivity contribution is 4.71. The van der Waals surface area contributed by atoms with Crippen LogP contribution in [0.2, 0.25) is 0 Å². The lowest BCUT2D eigenvalue weighted by Gasteiger charge is -2.25. The Bertz CT molecular complexity index is 128. The number of nitrogens with zero attached hydrogens (tertiary/aromatic N) is 1. The van der Waals surface area contributed by atoms with E-state index in [4.69, 9.17) is 4.74 Å². The van der Waals surface area contributed by atoms with Crippen LogP contribution in [0.1, 0.15) is 20.8 Å². The van der Waals surface area contributed by atoms with Crippen LogP contribution in [0, 0.1) is 0 Å². The quantitative estimate of drug-likeness (QED) is 0.671. The van der Waals surface area contributed by atoms with E-state index in [1.807, 2.05) is 0 Å². The second-order valence-corrected chi connectivity index (χ2v) is 3.95. The second kappa shape index (κ2) is 6.35. The van der Waals surface area contributed by atoms with Crippen LogP contribution >= 0.6 is 0 Å². The third-order valence-corrected chi connectivity index (χ3v) is 2.69. The Morgan fingerprint density at radius 1 is 1.23 bits per heavy atom. The third-order valence-electron chi connectivity index (χ3n) is 2.69. The molecule has 80 valence electrons. The molecule has 0 rings (SSSR count). The van der Waals surface area contributed by atoms with Crippen molar-refractivity contribution in [1.29, 1.82) is 0 Å². The number of ether oxygens (including phenoxy) is 1. The first-order chi connectivity index (χ1) is 5.99. The van der Waals surface area contributed by atoms with Crippen molar-refractivity contribution in [3.63, 3.8) is 0 Å². The summed E-state index contributed by atoms with van der Waals surface area (Å²) in [5.41, 5.74) is 0. The minimum atomic E-state index is 0.273. The van der Waals surface area contributed by atoms with Crippen LogP contribution < -0.4 is 5.32 Å². The molecule has 1 N–H and O–H groups in total. The summed E-state index contributed by atoms with van der Waals surface area (Å²) in [6.45, 7) is 7.44. The van der Waals surface area contributed by atoms with Crippen molar-refractivity contribution in [2.45, 2.75) is 39.0 Å². The molecule has 0 aliphatic rings. The molecule has 3 atom stereocenters. The van der Waals surface area contributed by atoms with E-state index in [0.29, 0.717) is 12.1 Å². The highest BCUT2D eigenvalue weighted by atomic mass is 16.5. The number of methoxy groups -OCH3 is 1. The molecule has 0 bridgehead atoms. The topological polar surface area (TPSA) is 24.5 Å². The van der Waals surface area contributed by atoms with Gasteiger partial charge in [-0.3, -0.25) is 0 Å². The SMILES string of the molecule is COC(C)C(C)NCC(C)N(C)C. The van der Waals surface area contributed by atoms with Crippen LogP contribution in [0.3, 0.4) is 0 Å². The summed E-state index contributed by atoms with van der Waals surface area (Å²) in [5, 5.41) is 3.45. The molecule has 0 heterocycles. The predicted molar refractivity (Wildman–Crippen MR) is 57.1 cm³/mol. The van der Waals surface area contributed by atoms with E-state index >= 15 is 0 Å². The smallest absolute Gasteiger partial charge is 0.0693 e. The number of hydrogen-bond acceptors (Lipinski definition) is 3. The average molecular weight is 188 g/mol. The summed E-state index contributed by atoms with van der Waals surface area (Å²) in [6, 6.07) is 0.971. The van der Waals surface area contributed by atoms with Gasteiger partial charge in [-0.2, -0.15) is 0 Å². The number of nitrogens with one attached hydrogen (secondary N) is 1. The van der Waals surface area contributed by atoms with Crippen molar-refractivity contribution < 1.29 is 4.74 Å². The molecule has 3 nitrogen and oxygen atoms in total. The Morgan fingerprint density at radius 2 is 1.77 bits per heavy atom. The molecule has 3 unspecified atom stereocenters. The maximum Gasteiger partial charge on any atom is 0.0693 e. The molecule has 0 fully saturated rings. The van der Waals surface area contributed by atoms with Crippen LogP contribution in [0.5, 0.6) is 0 Å². The fourth-order valence-corrected chi connectivity index (χ4v) is 0.909. The molecular formula is C10H24N2O. The van der Waals surface area contributed by atoms with Gasteiger partial charge in [0, 0.05) is 25.7 Å². The van der Waals surface area contributed by atoms with Gasteiger partial charge in [0.25, 0.3) is 0 Å². The first kappa shape index (κ1) is 12.9. The van der Waals surface area contributed by atoms with E-state index in [9.17, 15) is 0 Å². The van der Waals surface area contributed by atoms with Crippen molar-refractivity contribution in [2.75, 3.05) is 27.7 Å². The van der Waals surface area contributed by atoms with E-state index in [-0.39, 0.29) is 6.10 Å². The first-order valence-corrected chi connectivity index (χ1v) is 4.91. The van der Waals surface area contributed by atoms with Crippen molar-refractivity contribution in [3.8, 4) is 0 Å². The second-order valence-electron chi connectivity index (χ2n) is 3.95. The third kappa shape index (κ3) is 5.24. The number of likely N-dealkylation sites (N-methyl/N-ethyl adjacent to an activating group) is 1. The Morgan fingerprint density at radius 3 is 2.15 bits per heavy atom. The fraction of sp³-hybridized carbons (Fsp3) is 1.00. The standard InChI is InChI=1S/C10H24N2O/c1-8(12(4)5)7-11-9(2)10(3)13-6/h8-11H,7H2,1-6H3. The van der Waals surface area contributed by atoms with Gasteiger partial charge in [0.05, 0.1) is 6.10 Å². The maximum absolute atomic E-state index is 5.23. The number of hydrogen-bond donors (Lipinski definition) is 1. The minimum Gasteiger partial charge on any atom is -0.380 e. The molecule has 0 aromatic heterocycles. The van der Waals surface area contributed by atoms with Gasteiger partial charge >= 0.3 is 0 Å². The van der Waals surface area contributed by atoms with Gasteiger partial charge in [0.1, 0.15) is 0 Å². The fourth-order valence-electron chi connectivity index (χ4n) is 0.909. The molecule has 0 aliphatic carbocycles. The highest BCUT2D eigenvalue weighted by Crippen LogP contribution is 1.97. The van der Waals surface area contributed by atoms with Gasteiger partial charge in [-0.15, -0.1) is 0 Å². The van der Waals surface area contributed by atoms with Gasteiger partial charge < -0.3 is 15.0 Å². The van der Waals surface area contributed by atoms with Crippen molar-refractivity contribution in [1.82, 2.24) is 10.2 Å². The summed E-state index contributed by atoms with van der Waals surface area (Å²) in [4.78, 5) is 2.21. The monoisotopic (exact) mass is 188 g/mol. The molecule has 0 aliphatic heterocycles. The van der Waals surface area contributed by atoms with Crippen LogP contribution in [0.25, 0.3) is 0 Å². The van der Waals surface area contributed by atoms with Gasteiger partial charge in [0.2, 0.25) is 0 Å². The normalized spacial score (nSPS) is 18.7. The molecule has 0 radical (unpaired) electrons. The first-order valence-electron chi connectivity index (χ1n) is 4.91. The zero-order chi connectivity index (χ0) is 10.4. The Balaban J connectivity index is 3.63. The molecule has 0 spiro atoms. The summed E-state index contributed by atoms with van der Waals surface area (Å²) in [7, 11) is 5.94. The van der Waals surface area contributed by atoms with Crippen LogP contribution in [0.15, 0.2) is 0 Å². The lowest BCUT2D eigenvalue weighted by Crippen LogP contribution is -2.43. The van der Waals surface area contributed by atoms with Crippen molar-refractivity contribution in [3.05, 3.63) is 0 Å². The van der Waals surface area contributed by atoms with Crippen LogP contribution in [0.4, 0.5) is 0 Å². The maximum atomic E-state index is 5.23. The Labute approximate surface area is 82.4 Å². The van der Waals surface area contributed by atoms with Gasteiger partial charge in [-0.1, -0.05) is 0 Å². The lowest BCUT2D eigenvalue weighted by atomic mass is 10.2. The molecule has 13 heavy (non-hydrogen) atoms. The van der Waals surface area contributed by atoms with Gasteiger partial charge in [-0.25, -0.2) is 0 Å². The van der Waals surface area contributed by atoms with E-state index in [1.54, 1.807) is 7.11 Å². The van der Waals surface area contributed by atoms with Gasteiger partial charge in [0.15, 0.2) is 0 Å². The average Bonchev–Trinajstić information content (AvgIpc) is 2.11. The van der Waals surface area contributed by atoms with Crippen LogP contribution in [-0.2, 0) is 4.74 Å². The Hall–Kier alpha value is -0.120. The zero-order valence-electron chi connectivity index (χ0n) is 9.79. The van der Waals surface area contributed by atoms with E-state index in [2.05, 4.69) is 45.1 Å². The summed E-state index contributed by atoms with van der Waals surface area (Å²) in [5.74, 6) is 0. The van der Waals surface area contributed by atoms with Crippen molar-refractivity contribution in [2.24, 2.45) is 0 Å². The minimum absolute atomic E-state index is 0.273. The molecule has 0 saturated heterocycles. The lowest BCUT2D eigenvalue weighted by molar-refractivity contribution is 0.0864. The van der Waals surface area contributed by atoms with Crippen LogP contribution in [-0.4, -0.2) is 50.8 Å². The molecule has 0 aromatic carbocycles. The van der Waals surface area contributed by atoms with Crippen molar-refractivity contribution >= 4 is 0 Å². The molecule has 0 amide bonds. The van der Waals surface area contributed by atoms with E-state index in [0.717, 1.165) is 6.54 Å². The zero-order valence-corrected chi connectivity index (χ0v) is 9.79. The largest absolute Gasteiger partial charge is 0.380 e. The van der Waals surface area contributed by atoms with E-state index < -0.39 is 0 Å². The number of rotatable bonds is 6. The predicted octanol–water partition coefficient (Wildman–Crippen LogP) is 0.950. The Kier molecular flexibility index (Phi) is 6.29. The summed E-state index contributed by atoms with van der Waals surface area (Å²) in [6.07, 6.45) is 0.273. The molecular weight excluding hydrogens is 164 g/mol. The highest BCUT2D eigenvalue weighted by Gasteiger charge is 2.12. The molecule has 0 aromatic rings. The summed E-state index contributed by atoms with van der Waals surface area (Å²) >= 11 is 0. The molecule has 0 saturated carbocycles.